The lowest BCUT2D eigenvalue weighted by atomic mass is 9.79. The molecule has 2 N–H and O–H groups in total. The number of nitrogens with one attached hydrogen (secondary N) is 2. The molecule has 0 aromatic carbocycles. The molecule has 2 amide bonds. The van der Waals surface area contributed by atoms with Gasteiger partial charge in [0.05, 0.1) is 10.2 Å². The van der Waals surface area contributed by atoms with Gasteiger partial charge < -0.3 is 20.4 Å². The van der Waals surface area contributed by atoms with Crippen molar-refractivity contribution in [2.45, 2.75) is 25.3 Å². The highest BCUT2D eigenvalue weighted by atomic mass is 32.1. The van der Waals surface area contributed by atoms with Crippen LogP contribution in [0.5, 0.6) is 0 Å². The van der Waals surface area contributed by atoms with E-state index in [2.05, 4.69) is 30.9 Å². The van der Waals surface area contributed by atoms with Gasteiger partial charge in [-0.3, -0.25) is 0 Å². The van der Waals surface area contributed by atoms with Gasteiger partial charge in [0, 0.05) is 32.2 Å². The summed E-state index contributed by atoms with van der Waals surface area (Å²) in [6, 6.07) is 2.47. The fraction of sp³-hybridized carbons (Fsp3) is 0.632. The highest BCUT2D eigenvalue weighted by Crippen LogP contribution is 2.33. The summed E-state index contributed by atoms with van der Waals surface area (Å²) in [6.45, 7) is 5.39. The number of hydrogen-bond acceptors (Lipinski definition) is 6. The molecule has 3 fully saturated rings. The molecule has 27 heavy (non-hydrogen) atoms. The lowest BCUT2D eigenvalue weighted by molar-refractivity contribution is 0.177. The van der Waals surface area contributed by atoms with E-state index in [1.54, 1.807) is 17.7 Å². The van der Waals surface area contributed by atoms with Crippen LogP contribution in [0.15, 0.2) is 17.8 Å². The zero-order valence-corrected chi connectivity index (χ0v) is 16.2. The van der Waals surface area contributed by atoms with Crippen molar-refractivity contribution >= 4 is 33.4 Å². The van der Waals surface area contributed by atoms with Gasteiger partial charge in [-0.05, 0) is 55.6 Å². The van der Waals surface area contributed by atoms with E-state index in [0.717, 1.165) is 80.0 Å². The smallest absolute Gasteiger partial charge is 0.317 e. The molecule has 3 unspecified atom stereocenters. The Morgan fingerprint density at radius 3 is 2.89 bits per heavy atom. The molecule has 2 aromatic heterocycles. The molecule has 4 heterocycles. The van der Waals surface area contributed by atoms with E-state index in [-0.39, 0.29) is 6.03 Å². The molecule has 8 heteroatoms. The lowest BCUT2D eigenvalue weighted by Crippen LogP contribution is -2.54. The summed E-state index contributed by atoms with van der Waals surface area (Å²) in [5.74, 6) is 2.57. The maximum Gasteiger partial charge on any atom is 0.317 e. The number of rotatable bonds is 2. The van der Waals surface area contributed by atoms with E-state index in [4.69, 9.17) is 0 Å². The van der Waals surface area contributed by atoms with Gasteiger partial charge in [-0.2, -0.15) is 0 Å². The highest BCUT2D eigenvalue weighted by Gasteiger charge is 2.35. The molecule has 0 bridgehead atoms. The fourth-order valence-electron chi connectivity index (χ4n) is 4.82. The molecule has 2 saturated heterocycles. The number of carbonyl (C=O) groups excluding carboxylic acids is 1. The van der Waals surface area contributed by atoms with Crippen molar-refractivity contribution in [3.63, 3.8) is 0 Å². The number of thiophene rings is 1. The van der Waals surface area contributed by atoms with Crippen molar-refractivity contribution in [3.8, 4) is 0 Å². The first-order valence-electron chi connectivity index (χ1n) is 9.97. The summed E-state index contributed by atoms with van der Waals surface area (Å²) < 4.78 is 1.14. The van der Waals surface area contributed by atoms with Gasteiger partial charge in [-0.25, -0.2) is 14.8 Å². The molecular formula is C19H26N6OS. The Bertz CT molecular complexity index is 817. The minimum Gasteiger partial charge on any atom is -0.352 e. The molecule has 5 rings (SSSR count). The number of fused-ring (bicyclic) bond motifs is 2. The SMILES string of the molecule is O=C(NC1CCC2CNCC2C1)N1CCN(c2ncnc3ccsc23)CC1. The average Bonchev–Trinajstić information content (AvgIpc) is 3.36. The quantitative estimate of drug-likeness (QED) is 0.825. The maximum atomic E-state index is 12.7. The molecule has 1 saturated carbocycles. The zero-order chi connectivity index (χ0) is 18.2. The van der Waals surface area contributed by atoms with Crippen molar-refractivity contribution in [1.82, 2.24) is 25.5 Å². The highest BCUT2D eigenvalue weighted by molar-refractivity contribution is 7.17. The largest absolute Gasteiger partial charge is 0.352 e. The summed E-state index contributed by atoms with van der Waals surface area (Å²) >= 11 is 1.68. The molecule has 1 aliphatic carbocycles. The Morgan fingerprint density at radius 1 is 1.15 bits per heavy atom. The van der Waals surface area contributed by atoms with Crippen LogP contribution >= 0.6 is 11.3 Å². The first-order chi connectivity index (χ1) is 13.3. The second-order valence-corrected chi connectivity index (χ2v) is 8.86. The van der Waals surface area contributed by atoms with Crippen LogP contribution in [0, 0.1) is 11.8 Å². The molecule has 2 aromatic rings. The molecular weight excluding hydrogens is 360 g/mol. The summed E-state index contributed by atoms with van der Waals surface area (Å²) in [7, 11) is 0. The number of hydrogen-bond donors (Lipinski definition) is 2. The molecule has 0 spiro atoms. The summed E-state index contributed by atoms with van der Waals surface area (Å²) in [5, 5.41) is 8.85. The van der Waals surface area contributed by atoms with Gasteiger partial charge in [0.15, 0.2) is 0 Å². The third-order valence-corrected chi connectivity index (χ3v) is 7.27. The van der Waals surface area contributed by atoms with Crippen LogP contribution in [-0.2, 0) is 0 Å². The number of nitrogens with zero attached hydrogens (tertiary/aromatic N) is 4. The van der Waals surface area contributed by atoms with E-state index in [0.29, 0.717) is 6.04 Å². The maximum absolute atomic E-state index is 12.7. The van der Waals surface area contributed by atoms with Gasteiger partial charge >= 0.3 is 6.03 Å². The predicted octanol–water partition coefficient (Wildman–Crippen LogP) is 1.91. The standard InChI is InChI=1S/C19H26N6OS/c26-19(23-15-2-1-13-10-20-11-14(13)9-15)25-6-4-24(5-7-25)18-17-16(3-8-27-17)21-12-22-18/h3,8,12-15,20H,1-2,4-7,9-11H2,(H,23,26). The summed E-state index contributed by atoms with van der Waals surface area (Å²) in [4.78, 5) is 25.8. The van der Waals surface area contributed by atoms with Gasteiger partial charge in [0.2, 0.25) is 0 Å². The van der Waals surface area contributed by atoms with Crippen LogP contribution in [0.2, 0.25) is 0 Å². The molecule has 3 atom stereocenters. The Balaban J connectivity index is 1.17. The normalized spacial score (nSPS) is 28.4. The average molecular weight is 387 g/mol. The Hall–Kier alpha value is -1.93. The fourth-order valence-corrected chi connectivity index (χ4v) is 5.68. The number of aromatic nitrogens is 2. The predicted molar refractivity (Wildman–Crippen MR) is 107 cm³/mol. The van der Waals surface area contributed by atoms with Gasteiger partial charge in [-0.1, -0.05) is 0 Å². The molecule has 144 valence electrons. The van der Waals surface area contributed by atoms with Crippen molar-refractivity contribution in [3.05, 3.63) is 17.8 Å². The monoisotopic (exact) mass is 386 g/mol. The molecule has 3 aliphatic rings. The topological polar surface area (TPSA) is 73.4 Å². The minimum absolute atomic E-state index is 0.105. The number of anilines is 1. The third kappa shape index (κ3) is 3.36. The van der Waals surface area contributed by atoms with E-state index in [9.17, 15) is 4.79 Å². The van der Waals surface area contributed by atoms with Crippen molar-refractivity contribution in [2.24, 2.45) is 11.8 Å². The first kappa shape index (κ1) is 17.2. The number of carbonyl (C=O) groups is 1. The summed E-state index contributed by atoms with van der Waals surface area (Å²) in [6.07, 6.45) is 5.12. The van der Waals surface area contributed by atoms with Gasteiger partial charge in [0.25, 0.3) is 0 Å². The zero-order valence-electron chi connectivity index (χ0n) is 15.4. The lowest BCUT2D eigenvalue weighted by Gasteiger charge is -2.37. The van der Waals surface area contributed by atoms with Crippen molar-refractivity contribution < 1.29 is 4.79 Å². The summed E-state index contributed by atoms with van der Waals surface area (Å²) in [5.41, 5.74) is 1.00. The van der Waals surface area contributed by atoms with Gasteiger partial charge in [-0.15, -0.1) is 11.3 Å². The number of urea groups is 1. The number of amides is 2. The van der Waals surface area contributed by atoms with Crippen LogP contribution in [0.3, 0.4) is 0 Å². The van der Waals surface area contributed by atoms with Crippen LogP contribution in [0.4, 0.5) is 10.6 Å². The minimum atomic E-state index is 0.105. The third-order valence-electron chi connectivity index (χ3n) is 6.37. The second kappa shape index (κ2) is 7.24. The van der Waals surface area contributed by atoms with E-state index in [1.165, 1.54) is 6.42 Å². The molecule has 2 aliphatic heterocycles. The molecule has 7 nitrogen and oxygen atoms in total. The Morgan fingerprint density at radius 2 is 2.00 bits per heavy atom. The van der Waals surface area contributed by atoms with Crippen molar-refractivity contribution in [2.75, 3.05) is 44.2 Å². The van der Waals surface area contributed by atoms with E-state index < -0.39 is 0 Å². The van der Waals surface area contributed by atoms with Crippen LogP contribution in [-0.4, -0.2) is 66.2 Å². The van der Waals surface area contributed by atoms with Crippen molar-refractivity contribution in [1.29, 1.82) is 0 Å². The van der Waals surface area contributed by atoms with E-state index >= 15 is 0 Å². The van der Waals surface area contributed by atoms with Crippen LogP contribution in [0.25, 0.3) is 10.2 Å². The van der Waals surface area contributed by atoms with Crippen LogP contribution in [0.1, 0.15) is 19.3 Å². The number of piperazine rings is 1. The van der Waals surface area contributed by atoms with Crippen LogP contribution < -0.4 is 15.5 Å². The molecule has 0 radical (unpaired) electrons. The van der Waals surface area contributed by atoms with Gasteiger partial charge in [0.1, 0.15) is 12.1 Å². The second-order valence-electron chi connectivity index (χ2n) is 7.94. The Labute approximate surface area is 163 Å². The Kier molecular flexibility index (Phi) is 4.61. The van der Waals surface area contributed by atoms with E-state index in [1.807, 2.05) is 11.0 Å². The first-order valence-corrected chi connectivity index (χ1v) is 10.8.